The van der Waals surface area contributed by atoms with Crippen LogP contribution in [0.5, 0.6) is 0 Å². The molecule has 0 heterocycles. The quantitative estimate of drug-likeness (QED) is 0.416. The predicted octanol–water partition coefficient (Wildman–Crippen LogP) is 5.35. The zero-order valence-corrected chi connectivity index (χ0v) is 17.6. The summed E-state index contributed by atoms with van der Waals surface area (Å²) in [4.78, 5) is 0. The first kappa shape index (κ1) is 20.3. The van der Waals surface area contributed by atoms with Crippen LogP contribution in [0.4, 0.5) is 0 Å². The highest BCUT2D eigenvalue weighted by Gasteiger charge is 2.41. The van der Waals surface area contributed by atoms with Crippen molar-refractivity contribution in [3.8, 4) is 0 Å². The van der Waals surface area contributed by atoms with E-state index >= 15 is 0 Å². The molecule has 0 amide bonds. The molecule has 2 nitrogen and oxygen atoms in total. The van der Waals surface area contributed by atoms with Crippen LogP contribution in [-0.2, 0) is 11.0 Å². The standard InChI is InChI=1S/C27H25O2P/c28-27(23-15-7-2-8-16-23)26(21-22-13-5-1-6-14-22)30(29,24-17-9-3-10-18-24)25-19-11-4-12-20-25/h1-20,26-28H,21H2/t26-,27-/m0/s1. The summed E-state index contributed by atoms with van der Waals surface area (Å²) in [6, 6.07) is 38.8. The largest absolute Gasteiger partial charge is 0.388 e. The van der Waals surface area contributed by atoms with Crippen molar-refractivity contribution in [3.05, 3.63) is 132 Å². The number of hydrogen-bond acceptors (Lipinski definition) is 2. The first-order valence-corrected chi connectivity index (χ1v) is 11.9. The lowest BCUT2D eigenvalue weighted by Gasteiger charge is -2.32. The summed E-state index contributed by atoms with van der Waals surface area (Å²) in [5.41, 5.74) is 1.35. The summed E-state index contributed by atoms with van der Waals surface area (Å²) in [6.45, 7) is 0. The van der Waals surface area contributed by atoms with Gasteiger partial charge in [-0.3, -0.25) is 0 Å². The van der Waals surface area contributed by atoms with Gasteiger partial charge in [0.15, 0.2) is 0 Å². The van der Waals surface area contributed by atoms with Crippen LogP contribution in [0, 0.1) is 0 Å². The first-order chi connectivity index (χ1) is 14.7. The molecule has 0 aliphatic rings. The van der Waals surface area contributed by atoms with Gasteiger partial charge >= 0.3 is 0 Å². The Morgan fingerprint density at radius 1 is 0.600 bits per heavy atom. The van der Waals surface area contributed by atoms with E-state index in [0.717, 1.165) is 21.7 Å². The summed E-state index contributed by atoms with van der Waals surface area (Å²) in [5, 5.41) is 13.1. The van der Waals surface area contributed by atoms with E-state index in [9.17, 15) is 9.67 Å². The molecule has 0 spiro atoms. The molecule has 0 radical (unpaired) electrons. The van der Waals surface area contributed by atoms with Crippen LogP contribution in [-0.4, -0.2) is 10.8 Å². The minimum Gasteiger partial charge on any atom is -0.388 e. The topological polar surface area (TPSA) is 37.3 Å². The molecule has 3 heteroatoms. The van der Waals surface area contributed by atoms with Crippen molar-refractivity contribution in [2.24, 2.45) is 0 Å². The summed E-state index contributed by atoms with van der Waals surface area (Å²) in [6.07, 6.45) is -0.351. The van der Waals surface area contributed by atoms with E-state index in [4.69, 9.17) is 0 Å². The Labute approximate surface area is 178 Å². The highest BCUT2D eigenvalue weighted by atomic mass is 31.2. The van der Waals surface area contributed by atoms with Gasteiger partial charge < -0.3 is 9.67 Å². The van der Waals surface area contributed by atoms with Crippen LogP contribution in [0.2, 0.25) is 0 Å². The van der Waals surface area contributed by atoms with E-state index in [1.807, 2.05) is 121 Å². The van der Waals surface area contributed by atoms with E-state index in [0.29, 0.717) is 6.42 Å². The normalized spacial score (nSPS) is 13.5. The van der Waals surface area contributed by atoms with E-state index in [1.165, 1.54) is 0 Å². The molecule has 0 aliphatic heterocycles. The van der Waals surface area contributed by atoms with Crippen molar-refractivity contribution in [1.82, 2.24) is 0 Å². The molecule has 0 saturated heterocycles. The molecule has 0 bridgehead atoms. The average molecular weight is 412 g/mol. The first-order valence-electron chi connectivity index (χ1n) is 10.2. The van der Waals surface area contributed by atoms with Crippen molar-refractivity contribution in [2.75, 3.05) is 0 Å². The Bertz CT molecular complexity index is 1050. The monoisotopic (exact) mass is 412 g/mol. The molecular formula is C27H25O2P. The van der Waals surface area contributed by atoms with Gasteiger partial charge in [-0.05, 0) is 17.5 Å². The zero-order valence-electron chi connectivity index (χ0n) is 16.7. The van der Waals surface area contributed by atoms with E-state index in [1.54, 1.807) is 0 Å². The lowest BCUT2D eigenvalue weighted by molar-refractivity contribution is 0.170. The molecule has 0 aromatic heterocycles. The number of aliphatic hydroxyl groups is 1. The van der Waals surface area contributed by atoms with Gasteiger partial charge in [0.25, 0.3) is 0 Å². The van der Waals surface area contributed by atoms with Gasteiger partial charge in [0.2, 0.25) is 0 Å². The summed E-state index contributed by atoms with van der Waals surface area (Å²) < 4.78 is 15.0. The lowest BCUT2D eigenvalue weighted by atomic mass is 10.0. The number of hydrogen-bond donors (Lipinski definition) is 1. The fourth-order valence-electron chi connectivity index (χ4n) is 4.00. The summed E-state index contributed by atoms with van der Waals surface area (Å²) in [5.74, 6) is 0. The molecule has 0 aliphatic carbocycles. The molecule has 0 unspecified atom stereocenters. The number of aliphatic hydroxyl groups excluding tert-OH is 1. The van der Waals surface area contributed by atoms with Gasteiger partial charge in [-0.15, -0.1) is 0 Å². The Hall–Kier alpha value is -2.93. The Morgan fingerprint density at radius 2 is 1.00 bits per heavy atom. The number of rotatable bonds is 7. The van der Waals surface area contributed by atoms with Gasteiger partial charge in [0.05, 0.1) is 11.8 Å². The molecule has 30 heavy (non-hydrogen) atoms. The van der Waals surface area contributed by atoms with Crippen LogP contribution < -0.4 is 10.6 Å². The van der Waals surface area contributed by atoms with Gasteiger partial charge in [-0.2, -0.15) is 0 Å². The molecule has 0 saturated carbocycles. The van der Waals surface area contributed by atoms with Crippen LogP contribution in [0.1, 0.15) is 17.2 Å². The third kappa shape index (κ3) is 4.16. The zero-order chi connectivity index (χ0) is 20.8. The maximum atomic E-state index is 15.0. The molecule has 1 N–H and O–H groups in total. The minimum atomic E-state index is -3.17. The second-order valence-corrected chi connectivity index (χ2v) is 10.5. The molecule has 4 aromatic carbocycles. The van der Waals surface area contributed by atoms with Crippen LogP contribution in [0.3, 0.4) is 0 Å². The third-order valence-corrected chi connectivity index (χ3v) is 9.07. The van der Waals surface area contributed by atoms with Crippen molar-refractivity contribution in [3.63, 3.8) is 0 Å². The average Bonchev–Trinajstić information content (AvgIpc) is 2.84. The van der Waals surface area contributed by atoms with Crippen molar-refractivity contribution in [2.45, 2.75) is 18.2 Å². The highest BCUT2D eigenvalue weighted by molar-refractivity contribution is 7.79. The lowest BCUT2D eigenvalue weighted by Crippen LogP contribution is -2.32. The Kier molecular flexibility index (Phi) is 6.28. The predicted molar refractivity (Wildman–Crippen MR) is 125 cm³/mol. The van der Waals surface area contributed by atoms with Gasteiger partial charge in [-0.1, -0.05) is 121 Å². The Balaban J connectivity index is 1.90. The van der Waals surface area contributed by atoms with Crippen LogP contribution in [0.25, 0.3) is 0 Å². The number of benzene rings is 4. The summed E-state index contributed by atoms with van der Waals surface area (Å²) >= 11 is 0. The second kappa shape index (κ2) is 9.26. The van der Waals surface area contributed by atoms with Crippen LogP contribution in [0.15, 0.2) is 121 Å². The highest BCUT2D eigenvalue weighted by Crippen LogP contribution is 2.54. The van der Waals surface area contributed by atoms with Gasteiger partial charge in [-0.25, -0.2) is 0 Å². The molecule has 4 rings (SSSR count). The maximum Gasteiger partial charge on any atom is 0.149 e. The molecular weight excluding hydrogens is 387 g/mol. The van der Waals surface area contributed by atoms with Crippen molar-refractivity contribution in [1.29, 1.82) is 0 Å². The minimum absolute atomic E-state index is 0.493. The SMILES string of the molecule is O=P(c1ccccc1)(c1ccccc1)[C@@H](Cc1ccccc1)[C@@H](O)c1ccccc1. The van der Waals surface area contributed by atoms with E-state index < -0.39 is 18.9 Å². The van der Waals surface area contributed by atoms with Gasteiger partial charge in [0, 0.05) is 10.6 Å². The van der Waals surface area contributed by atoms with Crippen molar-refractivity contribution < 1.29 is 9.67 Å². The fraction of sp³-hybridized carbons (Fsp3) is 0.111. The summed E-state index contributed by atoms with van der Waals surface area (Å²) in [7, 11) is -3.17. The fourth-order valence-corrected chi connectivity index (χ4v) is 7.33. The molecule has 0 fully saturated rings. The molecule has 4 aromatic rings. The van der Waals surface area contributed by atoms with Crippen molar-refractivity contribution >= 4 is 17.8 Å². The third-order valence-electron chi connectivity index (χ3n) is 5.54. The Morgan fingerprint density at radius 3 is 1.47 bits per heavy atom. The smallest absolute Gasteiger partial charge is 0.149 e. The molecule has 2 atom stereocenters. The van der Waals surface area contributed by atoms with Gasteiger partial charge in [0.1, 0.15) is 7.14 Å². The van der Waals surface area contributed by atoms with E-state index in [-0.39, 0.29) is 0 Å². The second-order valence-electron chi connectivity index (χ2n) is 7.44. The van der Waals surface area contributed by atoms with E-state index in [2.05, 4.69) is 0 Å². The van der Waals surface area contributed by atoms with Crippen LogP contribution >= 0.6 is 7.14 Å². The maximum absolute atomic E-state index is 15.0. The molecule has 150 valence electrons.